The molecule has 10 aromatic carbocycles. The van der Waals surface area contributed by atoms with Gasteiger partial charge in [0.25, 0.3) is 0 Å². The van der Waals surface area contributed by atoms with Crippen molar-refractivity contribution in [1.29, 1.82) is 0 Å². The topological polar surface area (TPSA) is 119 Å². The van der Waals surface area contributed by atoms with Gasteiger partial charge in [-0.25, -0.2) is 4.79 Å². The fourth-order valence-corrected chi connectivity index (χ4v) is 10.6. The Morgan fingerprint density at radius 1 is 0.291 bits per heavy atom. The number of carbonyl (C=O) groups excluding carboxylic acids is 1. The summed E-state index contributed by atoms with van der Waals surface area (Å²) in [6.45, 7) is 61.4. The molecule has 0 saturated carbocycles. The van der Waals surface area contributed by atoms with E-state index >= 15 is 0 Å². The molecule has 0 fully saturated rings. The van der Waals surface area contributed by atoms with Gasteiger partial charge in [0.15, 0.2) is 0 Å². The van der Waals surface area contributed by atoms with Gasteiger partial charge in [-0.3, -0.25) is 0 Å². The van der Waals surface area contributed by atoms with Crippen LogP contribution in [0.2, 0.25) is 0 Å². The Kier molecular flexibility index (Phi) is 40.4. The van der Waals surface area contributed by atoms with Crippen LogP contribution in [0.4, 0.5) is 0 Å². The minimum absolute atomic E-state index is 0.0978. The van der Waals surface area contributed by atoms with Crippen LogP contribution in [-0.4, -0.2) is 13.1 Å². The van der Waals surface area contributed by atoms with Gasteiger partial charge in [-0.15, -0.1) is 0 Å². The van der Waals surface area contributed by atoms with Gasteiger partial charge >= 0.3 is 5.97 Å². The minimum atomic E-state index is -0.356. The maximum absolute atomic E-state index is 11.0. The Hall–Kier alpha value is -12.7. The van der Waals surface area contributed by atoms with E-state index in [0.717, 1.165) is 58.0 Å². The van der Waals surface area contributed by atoms with Crippen LogP contribution in [0.25, 0.3) is 10.8 Å². The van der Waals surface area contributed by atoms with Gasteiger partial charge in [-0.1, -0.05) is 262 Å². The molecular formula is C98H112O12. The molecule has 0 heterocycles. The quantitative estimate of drug-likeness (QED) is 0.0379. The first-order valence-electron chi connectivity index (χ1n) is 35.6. The fraction of sp³-hybridized carbons (Fsp3) is 0.194. The fourth-order valence-electron chi connectivity index (χ4n) is 10.6. The van der Waals surface area contributed by atoms with Crippen LogP contribution in [-0.2, 0) is 31.3 Å². The Morgan fingerprint density at radius 3 is 0.900 bits per heavy atom. The molecule has 0 bridgehead atoms. The number of rotatable bonds is 26. The molecule has 0 atom stereocenters. The zero-order chi connectivity index (χ0) is 81.4. The molecule has 110 heavy (non-hydrogen) atoms. The molecule has 0 amide bonds. The number of fused-ring (bicyclic) bond motifs is 1. The lowest BCUT2D eigenvalue weighted by atomic mass is 9.72. The normalized spacial score (nSPS) is 10.3. The van der Waals surface area contributed by atoms with Gasteiger partial charge in [0.2, 0.25) is 0 Å². The van der Waals surface area contributed by atoms with Gasteiger partial charge in [0, 0.05) is 5.41 Å². The highest BCUT2D eigenvalue weighted by atomic mass is 16.5. The zero-order valence-corrected chi connectivity index (χ0v) is 66.6. The average Bonchev–Trinajstić information content (AvgIpc) is 0.805. The van der Waals surface area contributed by atoms with E-state index in [1.54, 1.807) is 48.5 Å². The first kappa shape index (κ1) is 91.5. The first-order valence-corrected chi connectivity index (χ1v) is 35.6. The van der Waals surface area contributed by atoms with E-state index in [-0.39, 0.29) is 27.8 Å². The van der Waals surface area contributed by atoms with E-state index in [9.17, 15) is 4.79 Å². The first-order chi connectivity index (χ1) is 52.5. The summed E-state index contributed by atoms with van der Waals surface area (Å²) >= 11 is 0. The van der Waals surface area contributed by atoms with Gasteiger partial charge in [-0.2, -0.15) is 0 Å². The molecule has 0 aliphatic rings. The van der Waals surface area contributed by atoms with Gasteiger partial charge in [0.05, 0.1) is 75.3 Å². The largest absolute Gasteiger partial charge is 0.491 e. The minimum Gasteiger partial charge on any atom is -0.491 e. The van der Waals surface area contributed by atoms with E-state index in [1.165, 1.54) is 103 Å². The van der Waals surface area contributed by atoms with Crippen LogP contribution in [0.5, 0.6) is 51.7 Å². The van der Waals surface area contributed by atoms with E-state index in [2.05, 4.69) is 200 Å². The smallest absolute Gasteiger partial charge is 0.337 e. The molecule has 10 aromatic rings. The van der Waals surface area contributed by atoms with Crippen molar-refractivity contribution in [3.05, 3.63) is 411 Å². The van der Waals surface area contributed by atoms with E-state index < -0.39 is 0 Å². The third kappa shape index (κ3) is 34.7. The SMILES string of the molecule is C=COC(C)(C)c1ccccc1.C=COc1ccc(C(=O)OC)cc1.C=COc1ccc(C(C)(C)C)cc1.C=COc1ccc(C(C)(C)CC(C)(C)C)cc1.C=COc1ccc(C(C)(C)c2ccc(OC=C)cc2)cc1.C=COc1ccc(OC=C)cc1.C=COc1ccc2ccccc2c1.C=COc1ccccc1. The molecular weight excluding hydrogens is 1370 g/mol. The van der Waals surface area contributed by atoms with Gasteiger partial charge < -0.3 is 52.1 Å². The lowest BCUT2D eigenvalue weighted by Crippen LogP contribution is -2.24. The van der Waals surface area contributed by atoms with Crippen molar-refractivity contribution in [2.24, 2.45) is 5.41 Å². The lowest BCUT2D eigenvalue weighted by molar-refractivity contribution is 0.0559. The summed E-state index contributed by atoms with van der Waals surface area (Å²) in [5.41, 5.74) is 7.10. The van der Waals surface area contributed by atoms with Crippen LogP contribution >= 0.6 is 0 Å². The summed E-state index contributed by atoms with van der Waals surface area (Å²) in [7, 11) is 1.34. The van der Waals surface area contributed by atoms with Crippen LogP contribution in [0.15, 0.2) is 377 Å². The van der Waals surface area contributed by atoms with Crippen molar-refractivity contribution in [3.63, 3.8) is 0 Å². The average molecular weight is 1480 g/mol. The predicted molar refractivity (Wildman–Crippen MR) is 456 cm³/mol. The maximum atomic E-state index is 11.0. The molecule has 12 heteroatoms. The monoisotopic (exact) mass is 1480 g/mol. The number of methoxy groups -OCH3 is 1. The summed E-state index contributed by atoms with van der Waals surface area (Å²) < 4.78 is 56.0. The lowest BCUT2D eigenvalue weighted by Gasteiger charge is -2.33. The molecule has 0 aromatic heterocycles. The van der Waals surface area contributed by atoms with Gasteiger partial charge in [0.1, 0.15) is 57.3 Å². The molecule has 0 spiro atoms. The van der Waals surface area contributed by atoms with Crippen LogP contribution in [0, 0.1) is 5.41 Å². The summed E-state index contributed by atoms with van der Waals surface area (Å²) in [4.78, 5) is 11.0. The number of esters is 1. The van der Waals surface area contributed by atoms with Crippen LogP contribution in [0.3, 0.4) is 0 Å². The van der Waals surface area contributed by atoms with E-state index in [1.807, 2.05) is 153 Å². The van der Waals surface area contributed by atoms with Crippen LogP contribution < -0.4 is 42.6 Å². The van der Waals surface area contributed by atoms with E-state index in [4.69, 9.17) is 47.4 Å². The molecule has 0 saturated heterocycles. The third-order valence-electron chi connectivity index (χ3n) is 15.9. The summed E-state index contributed by atoms with van der Waals surface area (Å²) in [5.74, 6) is 6.67. The highest BCUT2D eigenvalue weighted by Gasteiger charge is 2.27. The predicted octanol–water partition coefficient (Wildman–Crippen LogP) is 26.9. The molecule has 576 valence electrons. The highest BCUT2D eigenvalue weighted by Crippen LogP contribution is 2.38. The van der Waals surface area contributed by atoms with Crippen molar-refractivity contribution >= 4 is 16.7 Å². The van der Waals surface area contributed by atoms with Crippen molar-refractivity contribution in [2.75, 3.05) is 7.11 Å². The number of benzene rings is 10. The molecule has 0 aliphatic heterocycles. The molecule has 0 N–H and O–H groups in total. The highest BCUT2D eigenvalue weighted by molar-refractivity contribution is 5.89. The summed E-state index contributed by atoms with van der Waals surface area (Å²) in [6.07, 6.45) is 15.3. The molecule has 12 nitrogen and oxygen atoms in total. The second-order valence-electron chi connectivity index (χ2n) is 27.6. The third-order valence-corrected chi connectivity index (χ3v) is 15.9. The Labute approximate surface area is 656 Å². The number of ether oxygens (including phenoxy) is 11. The van der Waals surface area contributed by atoms with Crippen molar-refractivity contribution in [3.8, 4) is 51.7 Å². The number of hydrogen-bond donors (Lipinski definition) is 0. The van der Waals surface area contributed by atoms with Crippen molar-refractivity contribution in [2.45, 2.75) is 111 Å². The molecule has 10 rings (SSSR count). The molecule has 0 unspecified atom stereocenters. The van der Waals surface area contributed by atoms with Crippen molar-refractivity contribution < 1.29 is 56.9 Å². The van der Waals surface area contributed by atoms with E-state index in [0.29, 0.717) is 16.7 Å². The molecule has 0 radical (unpaired) electrons. The number of hydrogen-bond acceptors (Lipinski definition) is 12. The maximum Gasteiger partial charge on any atom is 0.337 e. The zero-order valence-electron chi connectivity index (χ0n) is 66.6. The summed E-state index contributed by atoms with van der Waals surface area (Å²) in [5, 5.41) is 2.40. The number of carbonyl (C=O) groups is 1. The Bertz CT molecular complexity index is 4270. The second-order valence-corrected chi connectivity index (χ2v) is 27.6. The summed E-state index contributed by atoms with van der Waals surface area (Å²) in [6, 6.07) is 80.0. The van der Waals surface area contributed by atoms with Crippen molar-refractivity contribution in [1.82, 2.24) is 0 Å². The van der Waals surface area contributed by atoms with Crippen LogP contribution in [0.1, 0.15) is 128 Å². The second kappa shape index (κ2) is 48.5. The Balaban J connectivity index is 0.000000329. The number of para-hydroxylation sites is 1. The standard InChI is InChI=1S/C19H20O2.C16H24O.C12H10O.C12H16O.C11H14O.C10H10O3.C10H10O2.C8H8O/c1-5-20-17-11-7-15(8-12-17)19(3,4)16-9-13-18(14-10-16)21-6-2;1-7-17-14-10-8-13(9-11-14)16(5,6)12-15(2,3)4;1-2-13-12-8-7-10-5-3-4-6-11(10)9-12;1-5-13-11-8-6-10(7-9-11)12(2,3)4;1-4-12-11(2,3)10-8-6-5-7-9-10;1-3-13-9-6-4-8(5-7-9)10(11)12-2;1-3-11-9-5-7-10(8-6-9)12-4-2;1-2-9-8-6-4-3-5-7-8/h5-14H,1-2H2,3-4H3;7-11H,1,12H2,2-6H3;2-9H,1H2;5-9H,1H2,2-4H3;4-9H,1H2,2-3H3;3-7H,1H2,2H3;3-8H,1-2H2;2-7H,1H2. The molecule has 0 aliphatic carbocycles. The van der Waals surface area contributed by atoms with Gasteiger partial charge in [-0.05, 0) is 196 Å². The Morgan fingerprint density at radius 2 is 0.573 bits per heavy atom.